The van der Waals surface area contributed by atoms with E-state index in [-0.39, 0.29) is 13.2 Å². The molecule has 80 valence electrons. The van der Waals surface area contributed by atoms with Gasteiger partial charge in [-0.15, -0.1) is 0 Å². The molecule has 0 aliphatic rings. The van der Waals surface area contributed by atoms with E-state index in [9.17, 15) is 9.59 Å². The molecule has 0 atom stereocenters. The van der Waals surface area contributed by atoms with Crippen LogP contribution in [-0.4, -0.2) is 19.0 Å². The summed E-state index contributed by atoms with van der Waals surface area (Å²) < 4.78 is 4.70. The van der Waals surface area contributed by atoms with Gasteiger partial charge in [-0.2, -0.15) is 0 Å². The summed E-state index contributed by atoms with van der Waals surface area (Å²) in [4.78, 5) is 20.8. The van der Waals surface area contributed by atoms with E-state index in [0.29, 0.717) is 17.7 Å². The van der Waals surface area contributed by atoms with Crippen LogP contribution in [0.4, 0.5) is 11.4 Å². The molecule has 0 saturated heterocycles. The Hall–Kier alpha value is -2.04. The molecule has 0 saturated carbocycles. The maximum Gasteiger partial charge on any atom is 0.314 e. The number of nitrogens with one attached hydrogen (secondary N) is 1. The van der Waals surface area contributed by atoms with E-state index in [2.05, 4.69) is 5.32 Å². The van der Waals surface area contributed by atoms with Crippen molar-refractivity contribution in [1.29, 1.82) is 0 Å². The molecular weight excluding hydrogens is 196 g/mol. The van der Waals surface area contributed by atoms with Gasteiger partial charge in [-0.3, -0.25) is 4.79 Å². The SMILES string of the molecule is Nc1ccccc1NCOC(=O)CC=O. The molecule has 0 aliphatic heterocycles. The van der Waals surface area contributed by atoms with E-state index >= 15 is 0 Å². The molecule has 0 aliphatic carbocycles. The number of esters is 1. The third-order valence-electron chi connectivity index (χ3n) is 1.71. The summed E-state index contributed by atoms with van der Waals surface area (Å²) in [6.45, 7) is 0.000880. The molecule has 5 heteroatoms. The lowest BCUT2D eigenvalue weighted by molar-refractivity contribution is -0.143. The first-order chi connectivity index (χ1) is 7.24. The number of para-hydroxylation sites is 2. The minimum absolute atomic E-state index is 0.000880. The Balaban J connectivity index is 2.35. The van der Waals surface area contributed by atoms with E-state index in [0.717, 1.165) is 0 Å². The fourth-order valence-electron chi connectivity index (χ4n) is 0.979. The molecule has 0 spiro atoms. The molecular formula is C10H12N2O3. The third-order valence-corrected chi connectivity index (χ3v) is 1.71. The monoisotopic (exact) mass is 208 g/mol. The van der Waals surface area contributed by atoms with E-state index in [1.54, 1.807) is 18.2 Å². The van der Waals surface area contributed by atoms with Crippen molar-refractivity contribution in [2.75, 3.05) is 17.8 Å². The van der Waals surface area contributed by atoms with E-state index in [1.165, 1.54) is 0 Å². The van der Waals surface area contributed by atoms with Gasteiger partial charge < -0.3 is 20.6 Å². The summed E-state index contributed by atoms with van der Waals surface area (Å²) in [5.74, 6) is -0.563. The zero-order chi connectivity index (χ0) is 11.1. The van der Waals surface area contributed by atoms with Gasteiger partial charge in [0.1, 0.15) is 12.7 Å². The number of nitrogen functional groups attached to an aromatic ring is 1. The molecule has 1 aromatic rings. The van der Waals surface area contributed by atoms with Crippen LogP contribution in [0.2, 0.25) is 0 Å². The summed E-state index contributed by atoms with van der Waals surface area (Å²) in [6, 6.07) is 7.11. The van der Waals surface area contributed by atoms with Crippen LogP contribution >= 0.6 is 0 Å². The van der Waals surface area contributed by atoms with Crippen LogP contribution in [0.5, 0.6) is 0 Å². The first kappa shape index (κ1) is 11.0. The summed E-state index contributed by atoms with van der Waals surface area (Å²) >= 11 is 0. The summed E-state index contributed by atoms with van der Waals surface area (Å²) in [6.07, 6.45) is 0.269. The number of hydrogen-bond donors (Lipinski definition) is 2. The average molecular weight is 208 g/mol. The molecule has 3 N–H and O–H groups in total. The first-order valence-electron chi connectivity index (χ1n) is 4.41. The van der Waals surface area contributed by atoms with Crippen molar-refractivity contribution in [3.8, 4) is 0 Å². The van der Waals surface area contributed by atoms with Crippen LogP contribution < -0.4 is 11.1 Å². The predicted molar refractivity (Wildman–Crippen MR) is 56.1 cm³/mol. The number of nitrogens with two attached hydrogens (primary N) is 1. The van der Waals surface area contributed by atoms with Crippen LogP contribution in [0.1, 0.15) is 6.42 Å². The molecule has 0 radical (unpaired) electrons. The number of carbonyl (C=O) groups is 2. The van der Waals surface area contributed by atoms with E-state index in [4.69, 9.17) is 10.5 Å². The minimum Gasteiger partial charge on any atom is -0.444 e. The first-order valence-corrected chi connectivity index (χ1v) is 4.41. The van der Waals surface area contributed by atoms with Gasteiger partial charge in [0, 0.05) is 0 Å². The van der Waals surface area contributed by atoms with Gasteiger partial charge in [-0.05, 0) is 12.1 Å². The third kappa shape index (κ3) is 3.68. The smallest absolute Gasteiger partial charge is 0.314 e. The van der Waals surface area contributed by atoms with Gasteiger partial charge in [-0.1, -0.05) is 12.1 Å². The highest BCUT2D eigenvalue weighted by Gasteiger charge is 2.01. The Kier molecular flexibility index (Phi) is 4.15. The predicted octanol–water partition coefficient (Wildman–Crippen LogP) is 0.770. The van der Waals surface area contributed by atoms with Crippen LogP contribution in [0.15, 0.2) is 24.3 Å². The van der Waals surface area contributed by atoms with E-state index in [1.807, 2.05) is 6.07 Å². The minimum atomic E-state index is -0.563. The number of aldehydes is 1. The summed E-state index contributed by atoms with van der Waals surface area (Å²) in [5, 5.41) is 2.82. The van der Waals surface area contributed by atoms with Crippen molar-refractivity contribution in [2.45, 2.75) is 6.42 Å². The maximum atomic E-state index is 10.8. The quantitative estimate of drug-likeness (QED) is 0.245. The number of ether oxygens (including phenoxy) is 1. The Morgan fingerprint density at radius 1 is 1.47 bits per heavy atom. The van der Waals surface area contributed by atoms with Gasteiger partial charge in [0.2, 0.25) is 0 Å². The Bertz CT molecular complexity index is 352. The fourth-order valence-corrected chi connectivity index (χ4v) is 0.979. The van der Waals surface area contributed by atoms with Crippen molar-refractivity contribution in [3.05, 3.63) is 24.3 Å². The number of carbonyl (C=O) groups excluding carboxylic acids is 2. The molecule has 0 aromatic heterocycles. The molecule has 0 amide bonds. The lowest BCUT2D eigenvalue weighted by Crippen LogP contribution is -2.13. The molecule has 15 heavy (non-hydrogen) atoms. The lowest BCUT2D eigenvalue weighted by Gasteiger charge is -2.08. The van der Waals surface area contributed by atoms with Gasteiger partial charge in [0.05, 0.1) is 11.4 Å². The van der Waals surface area contributed by atoms with Crippen molar-refractivity contribution in [2.24, 2.45) is 0 Å². The average Bonchev–Trinajstić information content (AvgIpc) is 2.21. The second-order valence-electron chi connectivity index (χ2n) is 2.80. The van der Waals surface area contributed by atoms with Crippen molar-refractivity contribution in [1.82, 2.24) is 0 Å². The normalized spacial score (nSPS) is 9.33. The van der Waals surface area contributed by atoms with Crippen molar-refractivity contribution < 1.29 is 14.3 Å². The van der Waals surface area contributed by atoms with Gasteiger partial charge in [-0.25, -0.2) is 0 Å². The van der Waals surface area contributed by atoms with Gasteiger partial charge >= 0.3 is 5.97 Å². The number of rotatable bonds is 5. The molecule has 1 rings (SSSR count). The van der Waals surface area contributed by atoms with Gasteiger partial charge in [0.25, 0.3) is 0 Å². The Morgan fingerprint density at radius 3 is 2.87 bits per heavy atom. The second kappa shape index (κ2) is 5.64. The molecule has 0 unspecified atom stereocenters. The molecule has 0 fully saturated rings. The number of benzene rings is 1. The van der Waals surface area contributed by atoms with Crippen LogP contribution in [0, 0.1) is 0 Å². The topological polar surface area (TPSA) is 81.4 Å². The molecule has 0 bridgehead atoms. The highest BCUT2D eigenvalue weighted by atomic mass is 16.5. The Labute approximate surface area is 87.2 Å². The van der Waals surface area contributed by atoms with Gasteiger partial charge in [0.15, 0.2) is 6.73 Å². The standard InChI is InChI=1S/C10H12N2O3/c11-8-3-1-2-4-9(8)12-7-15-10(14)5-6-13/h1-4,6,12H,5,7,11H2. The van der Waals surface area contributed by atoms with Crippen molar-refractivity contribution >= 4 is 23.6 Å². The molecule has 0 heterocycles. The Morgan fingerprint density at radius 2 is 2.20 bits per heavy atom. The maximum absolute atomic E-state index is 10.8. The summed E-state index contributed by atoms with van der Waals surface area (Å²) in [5.41, 5.74) is 6.90. The van der Waals surface area contributed by atoms with Crippen LogP contribution in [0.3, 0.4) is 0 Å². The van der Waals surface area contributed by atoms with Crippen LogP contribution in [0.25, 0.3) is 0 Å². The zero-order valence-corrected chi connectivity index (χ0v) is 8.10. The second-order valence-corrected chi connectivity index (χ2v) is 2.80. The van der Waals surface area contributed by atoms with Crippen molar-refractivity contribution in [3.63, 3.8) is 0 Å². The van der Waals surface area contributed by atoms with E-state index < -0.39 is 5.97 Å². The fraction of sp³-hybridized carbons (Fsp3) is 0.200. The lowest BCUT2D eigenvalue weighted by atomic mass is 10.3. The molecule has 5 nitrogen and oxygen atoms in total. The number of anilines is 2. The number of hydrogen-bond acceptors (Lipinski definition) is 5. The summed E-state index contributed by atoms with van der Waals surface area (Å²) in [7, 11) is 0. The highest BCUT2D eigenvalue weighted by Crippen LogP contribution is 2.15. The zero-order valence-electron chi connectivity index (χ0n) is 8.10. The van der Waals surface area contributed by atoms with Crippen LogP contribution in [-0.2, 0) is 14.3 Å². The highest BCUT2D eigenvalue weighted by molar-refractivity contribution is 5.83. The molecule has 1 aromatic carbocycles. The largest absolute Gasteiger partial charge is 0.444 e.